The Morgan fingerprint density at radius 2 is 0.500 bits per heavy atom. The molecule has 0 spiro atoms. The number of unbranched alkanes of at least 4 members (excludes halogenated alkanes) is 5. The fourth-order valence-corrected chi connectivity index (χ4v) is 2.26. The maximum absolute atomic E-state index is 8.64. The van der Waals surface area contributed by atoms with Gasteiger partial charge in [-0.3, -0.25) is 0 Å². The molecule has 26 heavy (non-hydrogen) atoms. The van der Waals surface area contributed by atoms with E-state index in [-0.39, 0.29) is 13.2 Å². The predicted octanol–water partition coefficient (Wildman–Crippen LogP) is 2.94. The highest BCUT2D eigenvalue weighted by Crippen LogP contribution is 1.98. The Labute approximate surface area is 160 Å². The Hall–Kier alpha value is -0.240. The van der Waals surface area contributed by atoms with Crippen LogP contribution in [0.4, 0.5) is 0 Å². The maximum atomic E-state index is 8.64. The van der Waals surface area contributed by atoms with E-state index in [4.69, 9.17) is 29.2 Å². The first-order chi connectivity index (χ1) is 12.9. The summed E-state index contributed by atoms with van der Waals surface area (Å²) in [7, 11) is 0. The molecule has 0 aromatic heterocycles. The van der Waals surface area contributed by atoms with E-state index in [0.717, 1.165) is 117 Å². The molecule has 0 atom stereocenters. The zero-order valence-electron chi connectivity index (χ0n) is 16.7. The van der Waals surface area contributed by atoms with Crippen molar-refractivity contribution in [1.82, 2.24) is 0 Å². The molecule has 0 radical (unpaired) electrons. The molecule has 0 aromatic carbocycles. The van der Waals surface area contributed by atoms with Crippen LogP contribution >= 0.6 is 0 Å². The summed E-state index contributed by atoms with van der Waals surface area (Å²) in [4.78, 5) is 0. The molecule has 0 amide bonds. The quantitative estimate of drug-likeness (QED) is 0.266. The molecule has 2 N–H and O–H groups in total. The van der Waals surface area contributed by atoms with Crippen LogP contribution in [0.1, 0.15) is 64.2 Å². The summed E-state index contributed by atoms with van der Waals surface area (Å²) in [5, 5.41) is 17.3. The smallest absolute Gasteiger partial charge is 0.0466 e. The van der Waals surface area contributed by atoms with Crippen molar-refractivity contribution in [3.63, 3.8) is 0 Å². The van der Waals surface area contributed by atoms with Crippen LogP contribution in [-0.2, 0) is 18.9 Å². The summed E-state index contributed by atoms with van der Waals surface area (Å²) >= 11 is 0. The van der Waals surface area contributed by atoms with Gasteiger partial charge in [-0.05, 0) is 64.2 Å². The average Bonchev–Trinajstić information content (AvgIpc) is 2.66. The zero-order chi connectivity index (χ0) is 19.0. The second-order valence-corrected chi connectivity index (χ2v) is 6.43. The Morgan fingerprint density at radius 1 is 0.308 bits per heavy atom. The highest BCUT2D eigenvalue weighted by atomic mass is 16.5. The minimum Gasteiger partial charge on any atom is -0.396 e. The van der Waals surface area contributed by atoms with Gasteiger partial charge in [0.25, 0.3) is 0 Å². The molecule has 0 aliphatic heterocycles. The summed E-state index contributed by atoms with van der Waals surface area (Å²) in [5.41, 5.74) is 0. The van der Waals surface area contributed by atoms with E-state index in [9.17, 15) is 0 Å². The summed E-state index contributed by atoms with van der Waals surface area (Å²) in [6.07, 6.45) is 9.78. The van der Waals surface area contributed by atoms with Crippen molar-refractivity contribution in [2.24, 2.45) is 0 Å². The lowest BCUT2D eigenvalue weighted by atomic mass is 10.3. The zero-order valence-corrected chi connectivity index (χ0v) is 16.7. The van der Waals surface area contributed by atoms with Crippen molar-refractivity contribution in [2.75, 3.05) is 66.1 Å². The minimum absolute atomic E-state index is 0.254. The molecule has 0 rings (SSSR count). The number of hydrogen-bond donors (Lipinski definition) is 2. The van der Waals surface area contributed by atoms with Crippen LogP contribution < -0.4 is 0 Å². The molecule has 0 aliphatic carbocycles. The molecule has 0 saturated carbocycles. The third-order valence-electron chi connectivity index (χ3n) is 3.88. The van der Waals surface area contributed by atoms with Gasteiger partial charge in [-0.25, -0.2) is 0 Å². The summed E-state index contributed by atoms with van der Waals surface area (Å²) in [5.74, 6) is 0. The summed E-state index contributed by atoms with van der Waals surface area (Å²) < 4.78 is 22.1. The predicted molar refractivity (Wildman–Crippen MR) is 104 cm³/mol. The van der Waals surface area contributed by atoms with Gasteiger partial charge in [0.1, 0.15) is 0 Å². The van der Waals surface area contributed by atoms with Crippen LogP contribution in [0.5, 0.6) is 0 Å². The summed E-state index contributed by atoms with van der Waals surface area (Å²) in [6.45, 7) is 6.81. The molecule has 6 heteroatoms. The first-order valence-corrected chi connectivity index (χ1v) is 10.4. The summed E-state index contributed by atoms with van der Waals surface area (Å²) in [6, 6.07) is 0. The molecule has 6 nitrogen and oxygen atoms in total. The number of ether oxygens (including phenoxy) is 4. The lowest BCUT2D eigenvalue weighted by Crippen LogP contribution is -2.04. The van der Waals surface area contributed by atoms with Gasteiger partial charge in [0.05, 0.1) is 0 Å². The van der Waals surface area contributed by atoms with Crippen molar-refractivity contribution in [1.29, 1.82) is 0 Å². The standard InChI is InChI=1S/C20H42O6/c21-11-1-3-13-23-15-5-7-17-25-19-9-10-20-26-18-8-6-16-24-14-4-2-12-22/h21-22H,1-20H2. The van der Waals surface area contributed by atoms with Crippen molar-refractivity contribution in [2.45, 2.75) is 64.2 Å². The average molecular weight is 379 g/mol. The van der Waals surface area contributed by atoms with Crippen LogP contribution in [0.3, 0.4) is 0 Å². The van der Waals surface area contributed by atoms with Crippen LogP contribution in [0, 0.1) is 0 Å². The van der Waals surface area contributed by atoms with Crippen LogP contribution in [-0.4, -0.2) is 76.3 Å². The Morgan fingerprint density at radius 3 is 0.692 bits per heavy atom. The Balaban J connectivity index is 2.95. The molecular weight excluding hydrogens is 336 g/mol. The molecule has 158 valence electrons. The number of aliphatic hydroxyl groups is 2. The maximum Gasteiger partial charge on any atom is 0.0466 e. The van der Waals surface area contributed by atoms with Crippen molar-refractivity contribution in [3.05, 3.63) is 0 Å². The van der Waals surface area contributed by atoms with E-state index in [1.165, 1.54) is 0 Å². The minimum atomic E-state index is 0.254. The van der Waals surface area contributed by atoms with Crippen LogP contribution in [0.15, 0.2) is 0 Å². The van der Waals surface area contributed by atoms with Gasteiger partial charge in [0, 0.05) is 66.1 Å². The molecule has 0 saturated heterocycles. The van der Waals surface area contributed by atoms with Gasteiger partial charge >= 0.3 is 0 Å². The highest BCUT2D eigenvalue weighted by Gasteiger charge is 1.95. The topological polar surface area (TPSA) is 77.4 Å². The van der Waals surface area contributed by atoms with E-state index in [2.05, 4.69) is 0 Å². The second kappa shape index (κ2) is 24.8. The molecule has 0 unspecified atom stereocenters. The van der Waals surface area contributed by atoms with Crippen LogP contribution in [0.25, 0.3) is 0 Å². The van der Waals surface area contributed by atoms with Crippen molar-refractivity contribution < 1.29 is 29.2 Å². The molecule has 0 aromatic rings. The molecule has 0 aliphatic rings. The second-order valence-electron chi connectivity index (χ2n) is 6.43. The van der Waals surface area contributed by atoms with Gasteiger partial charge in [-0.15, -0.1) is 0 Å². The molecule has 0 fully saturated rings. The molecule has 0 bridgehead atoms. The number of rotatable bonds is 23. The Bertz CT molecular complexity index is 216. The van der Waals surface area contributed by atoms with Gasteiger partial charge in [0.2, 0.25) is 0 Å². The molecular formula is C20H42O6. The van der Waals surface area contributed by atoms with Crippen LogP contribution in [0.2, 0.25) is 0 Å². The highest BCUT2D eigenvalue weighted by molar-refractivity contribution is 4.44. The SMILES string of the molecule is OCCCCOCCCCOCCCCOCCCCOCCCCO. The van der Waals surface area contributed by atoms with E-state index in [1.54, 1.807) is 0 Å². The fourth-order valence-electron chi connectivity index (χ4n) is 2.26. The number of aliphatic hydroxyl groups excluding tert-OH is 2. The van der Waals surface area contributed by atoms with E-state index >= 15 is 0 Å². The van der Waals surface area contributed by atoms with Crippen molar-refractivity contribution in [3.8, 4) is 0 Å². The van der Waals surface area contributed by atoms with E-state index in [1.807, 2.05) is 0 Å². The van der Waals surface area contributed by atoms with Gasteiger partial charge in [-0.1, -0.05) is 0 Å². The Kier molecular flexibility index (Phi) is 24.5. The lowest BCUT2D eigenvalue weighted by molar-refractivity contribution is 0.0833. The van der Waals surface area contributed by atoms with Gasteiger partial charge in [0.15, 0.2) is 0 Å². The molecule has 0 heterocycles. The van der Waals surface area contributed by atoms with E-state index < -0.39 is 0 Å². The van der Waals surface area contributed by atoms with Gasteiger partial charge < -0.3 is 29.2 Å². The third kappa shape index (κ3) is 23.8. The fraction of sp³-hybridized carbons (Fsp3) is 1.00. The lowest BCUT2D eigenvalue weighted by Gasteiger charge is -2.07. The van der Waals surface area contributed by atoms with Crippen molar-refractivity contribution >= 4 is 0 Å². The van der Waals surface area contributed by atoms with E-state index in [0.29, 0.717) is 0 Å². The third-order valence-corrected chi connectivity index (χ3v) is 3.88. The first-order valence-electron chi connectivity index (χ1n) is 10.4. The first kappa shape index (κ1) is 25.8. The van der Waals surface area contributed by atoms with Gasteiger partial charge in [-0.2, -0.15) is 0 Å². The normalized spacial score (nSPS) is 11.3. The number of hydrogen-bond acceptors (Lipinski definition) is 6. The largest absolute Gasteiger partial charge is 0.396 e. The monoisotopic (exact) mass is 378 g/mol.